The van der Waals surface area contributed by atoms with E-state index in [2.05, 4.69) is 51.7 Å². The van der Waals surface area contributed by atoms with Crippen LogP contribution in [0.5, 0.6) is 0 Å². The summed E-state index contributed by atoms with van der Waals surface area (Å²) in [6, 6.07) is 0. The summed E-state index contributed by atoms with van der Waals surface area (Å²) in [5.74, 6) is 0. The van der Waals surface area contributed by atoms with Gasteiger partial charge in [-0.05, 0) is 44.9 Å². The fourth-order valence-corrected chi connectivity index (χ4v) is 2.28. The second-order valence-corrected chi connectivity index (χ2v) is 6.66. The molecule has 0 fully saturated rings. The second kappa shape index (κ2) is 16.0. The zero-order chi connectivity index (χ0) is 17.2. The summed E-state index contributed by atoms with van der Waals surface area (Å²) in [6.07, 6.45) is 22.7. The molecule has 0 aromatic heterocycles. The van der Waals surface area contributed by atoms with Crippen LogP contribution in [0.25, 0.3) is 0 Å². The summed E-state index contributed by atoms with van der Waals surface area (Å²) in [5.41, 5.74) is 0. The van der Waals surface area contributed by atoms with Gasteiger partial charge in [0.2, 0.25) is 0 Å². The molecule has 0 saturated heterocycles. The van der Waals surface area contributed by atoms with Crippen LogP contribution in [0, 0.1) is 0 Å². The molecule has 0 saturated carbocycles. The van der Waals surface area contributed by atoms with Crippen molar-refractivity contribution in [2.75, 3.05) is 13.7 Å². The van der Waals surface area contributed by atoms with Crippen molar-refractivity contribution < 1.29 is 16.8 Å². The monoisotopic (exact) mass is 344 g/mol. The molecule has 23 heavy (non-hydrogen) atoms. The van der Waals surface area contributed by atoms with Gasteiger partial charge >= 0.3 is 10.4 Å². The highest BCUT2D eigenvalue weighted by atomic mass is 32.3. The van der Waals surface area contributed by atoms with Crippen LogP contribution in [0.4, 0.5) is 0 Å². The zero-order valence-corrected chi connectivity index (χ0v) is 15.4. The van der Waals surface area contributed by atoms with Crippen LogP contribution in [0.2, 0.25) is 0 Å². The van der Waals surface area contributed by atoms with E-state index in [1.807, 2.05) is 0 Å². The van der Waals surface area contributed by atoms with Crippen LogP contribution in [-0.2, 0) is 18.8 Å². The van der Waals surface area contributed by atoms with Crippen molar-refractivity contribution in [3.63, 3.8) is 0 Å². The lowest BCUT2D eigenvalue weighted by atomic mass is 10.2. The van der Waals surface area contributed by atoms with Crippen molar-refractivity contribution in [2.45, 2.75) is 64.7 Å². The van der Waals surface area contributed by atoms with Crippen LogP contribution < -0.4 is 0 Å². The first kappa shape index (κ1) is 22.1. The van der Waals surface area contributed by atoms with Crippen LogP contribution in [0.3, 0.4) is 0 Å². The van der Waals surface area contributed by atoms with Gasteiger partial charge in [-0.3, -0.25) is 4.18 Å². The fraction of sp³-hybridized carbons (Fsp3) is 0.667. The first-order valence-corrected chi connectivity index (χ1v) is 9.85. The molecule has 0 rings (SSSR count). The number of hydrogen-bond acceptors (Lipinski definition) is 4. The van der Waals surface area contributed by atoms with Crippen LogP contribution >= 0.6 is 0 Å². The third-order valence-corrected chi connectivity index (χ3v) is 4.08. The van der Waals surface area contributed by atoms with Crippen molar-refractivity contribution in [1.29, 1.82) is 0 Å². The molecule has 134 valence electrons. The number of hydrogen-bond donors (Lipinski definition) is 0. The lowest BCUT2D eigenvalue weighted by molar-refractivity contribution is 0.239. The van der Waals surface area contributed by atoms with Crippen molar-refractivity contribution in [3.8, 4) is 0 Å². The third kappa shape index (κ3) is 17.3. The van der Waals surface area contributed by atoms with Gasteiger partial charge in [-0.1, -0.05) is 56.2 Å². The molecule has 0 amide bonds. The topological polar surface area (TPSA) is 52.6 Å². The lowest BCUT2D eigenvalue weighted by Crippen LogP contribution is -2.08. The standard InChI is InChI=1S/C18H32O4S/c1-3-4-5-6-7-8-9-10-11-12-13-14-15-16-17-18-22-23(19,20)21-2/h7-8,10-11,13-14H,3-6,9,12,15-18H2,1-2H3. The van der Waals surface area contributed by atoms with Crippen molar-refractivity contribution in [2.24, 2.45) is 0 Å². The minimum absolute atomic E-state index is 0.175. The highest BCUT2D eigenvalue weighted by Crippen LogP contribution is 2.02. The highest BCUT2D eigenvalue weighted by Gasteiger charge is 2.06. The Bertz CT molecular complexity index is 436. The van der Waals surface area contributed by atoms with Gasteiger partial charge in [-0.15, -0.1) is 0 Å². The Morgan fingerprint density at radius 3 is 1.83 bits per heavy atom. The van der Waals surface area contributed by atoms with Gasteiger partial charge < -0.3 is 0 Å². The lowest BCUT2D eigenvalue weighted by Gasteiger charge is -2.01. The molecule has 0 heterocycles. The minimum Gasteiger partial charge on any atom is -0.252 e. The van der Waals surface area contributed by atoms with E-state index in [4.69, 9.17) is 0 Å². The predicted octanol–water partition coefficient (Wildman–Crippen LogP) is 5.09. The molecule has 0 aliphatic rings. The van der Waals surface area contributed by atoms with Crippen molar-refractivity contribution in [3.05, 3.63) is 36.5 Å². The Hall–Kier alpha value is -0.910. The average Bonchev–Trinajstić information content (AvgIpc) is 2.54. The molecular formula is C18H32O4S. The Morgan fingerprint density at radius 1 is 0.783 bits per heavy atom. The maximum absolute atomic E-state index is 10.9. The van der Waals surface area contributed by atoms with Gasteiger partial charge in [0.1, 0.15) is 0 Å². The SMILES string of the molecule is CCCCCC=CCC=CCC=CCCCCOS(=O)(=O)OC. The molecule has 0 aliphatic heterocycles. The Labute approximate surface area is 142 Å². The molecule has 4 nitrogen and oxygen atoms in total. The van der Waals surface area contributed by atoms with Gasteiger partial charge in [0.25, 0.3) is 0 Å². The van der Waals surface area contributed by atoms with E-state index < -0.39 is 10.4 Å². The van der Waals surface area contributed by atoms with E-state index in [0.29, 0.717) is 6.42 Å². The summed E-state index contributed by atoms with van der Waals surface area (Å²) < 4.78 is 30.5. The number of rotatable bonds is 15. The maximum Gasteiger partial charge on any atom is 0.399 e. The normalized spacial score (nSPS) is 13.0. The Balaban J connectivity index is 3.42. The van der Waals surface area contributed by atoms with Gasteiger partial charge in [0, 0.05) is 0 Å². The molecular weight excluding hydrogens is 312 g/mol. The van der Waals surface area contributed by atoms with E-state index in [1.165, 1.54) is 25.7 Å². The van der Waals surface area contributed by atoms with Gasteiger partial charge in [-0.2, -0.15) is 8.42 Å². The smallest absolute Gasteiger partial charge is 0.252 e. The largest absolute Gasteiger partial charge is 0.399 e. The summed E-state index contributed by atoms with van der Waals surface area (Å²) in [6.45, 7) is 2.40. The molecule has 0 unspecified atom stereocenters. The summed E-state index contributed by atoms with van der Waals surface area (Å²) in [7, 11) is -2.68. The molecule has 0 N–H and O–H groups in total. The summed E-state index contributed by atoms with van der Waals surface area (Å²) >= 11 is 0. The van der Waals surface area contributed by atoms with E-state index >= 15 is 0 Å². The molecule has 0 aromatic rings. The summed E-state index contributed by atoms with van der Waals surface area (Å²) in [5, 5.41) is 0. The summed E-state index contributed by atoms with van der Waals surface area (Å²) in [4.78, 5) is 0. The first-order chi connectivity index (χ1) is 11.1. The third-order valence-electron chi connectivity index (χ3n) is 3.22. The predicted molar refractivity (Wildman–Crippen MR) is 96.5 cm³/mol. The molecule has 0 radical (unpaired) electrons. The highest BCUT2D eigenvalue weighted by molar-refractivity contribution is 7.81. The maximum atomic E-state index is 10.9. The zero-order valence-electron chi connectivity index (χ0n) is 14.6. The van der Waals surface area contributed by atoms with Gasteiger partial charge in [-0.25, -0.2) is 4.18 Å². The van der Waals surface area contributed by atoms with Gasteiger partial charge in [0.15, 0.2) is 0 Å². The molecule has 0 atom stereocenters. The number of unbranched alkanes of at least 4 members (excludes halogenated alkanes) is 5. The quantitative estimate of drug-likeness (QED) is 0.306. The van der Waals surface area contributed by atoms with Gasteiger partial charge in [0.05, 0.1) is 13.7 Å². The van der Waals surface area contributed by atoms with Crippen LogP contribution in [0.1, 0.15) is 64.7 Å². The fourth-order valence-electron chi connectivity index (χ4n) is 1.86. The van der Waals surface area contributed by atoms with Crippen molar-refractivity contribution in [1.82, 2.24) is 0 Å². The Kier molecular flexibility index (Phi) is 15.3. The number of allylic oxidation sites excluding steroid dienone is 6. The van der Waals surface area contributed by atoms with E-state index in [9.17, 15) is 8.42 Å². The second-order valence-electron chi connectivity index (χ2n) is 5.27. The van der Waals surface area contributed by atoms with E-state index in [0.717, 1.165) is 32.8 Å². The van der Waals surface area contributed by atoms with Crippen LogP contribution in [0.15, 0.2) is 36.5 Å². The molecule has 0 spiro atoms. The first-order valence-electron chi connectivity index (χ1n) is 8.52. The Morgan fingerprint density at radius 2 is 1.30 bits per heavy atom. The molecule has 0 aliphatic carbocycles. The van der Waals surface area contributed by atoms with Crippen molar-refractivity contribution >= 4 is 10.4 Å². The van der Waals surface area contributed by atoms with E-state index in [-0.39, 0.29) is 6.61 Å². The van der Waals surface area contributed by atoms with Crippen LogP contribution in [-0.4, -0.2) is 22.1 Å². The molecule has 0 bridgehead atoms. The minimum atomic E-state index is -3.77. The van der Waals surface area contributed by atoms with E-state index in [1.54, 1.807) is 0 Å². The average molecular weight is 345 g/mol. The molecule has 0 aromatic carbocycles. The molecule has 5 heteroatoms.